The van der Waals surface area contributed by atoms with Crippen LogP contribution in [0.25, 0.3) is 22.3 Å². The van der Waals surface area contributed by atoms with E-state index in [0.717, 1.165) is 33.8 Å². The van der Waals surface area contributed by atoms with Gasteiger partial charge in [-0.3, -0.25) is 4.90 Å². The van der Waals surface area contributed by atoms with Crippen LogP contribution in [-0.2, 0) is 0 Å². The predicted molar refractivity (Wildman–Crippen MR) is 180 cm³/mol. The molecule has 0 atom stereocenters. The monoisotopic (exact) mass is 583 g/mol. The normalized spacial score (nSPS) is 11.8. The van der Waals surface area contributed by atoms with Crippen LogP contribution >= 0.6 is 0 Å². The average Bonchev–Trinajstić information content (AvgIpc) is 3.10. The first-order chi connectivity index (χ1) is 22.3. The van der Waals surface area contributed by atoms with Gasteiger partial charge in [-0.2, -0.15) is 0 Å². The fourth-order valence-corrected chi connectivity index (χ4v) is 5.08. The molecular weight excluding hydrogens is 554 g/mol. The molecule has 0 radical (unpaired) electrons. The van der Waals surface area contributed by atoms with Gasteiger partial charge < -0.3 is 9.97 Å². The summed E-state index contributed by atoms with van der Waals surface area (Å²) in [6, 6.07) is 50.4. The van der Waals surface area contributed by atoms with Crippen LogP contribution < -0.4 is 15.9 Å². The number of nitrogens with one attached hydrogen (secondary N) is 2. The molecule has 0 spiro atoms. The largest absolute Gasteiger partial charge is 0.347 e. The van der Waals surface area contributed by atoms with Crippen LogP contribution in [-0.4, -0.2) is 19.9 Å². The average molecular weight is 584 g/mol. The lowest BCUT2D eigenvalue weighted by atomic mass is 10.1. The molecule has 0 unspecified atom stereocenters. The summed E-state index contributed by atoms with van der Waals surface area (Å²) in [6.07, 6.45) is 3.68. The number of hydrogen-bond acceptors (Lipinski definition) is 5. The van der Waals surface area contributed by atoms with Crippen molar-refractivity contribution in [3.05, 3.63) is 175 Å². The van der Waals surface area contributed by atoms with Crippen molar-refractivity contribution in [2.75, 3.05) is 4.90 Å². The fraction of sp³-hybridized carbons (Fsp3) is 0. The Balaban J connectivity index is 1.27. The molecule has 0 aliphatic carbocycles. The number of aromatic nitrogens is 4. The van der Waals surface area contributed by atoms with Crippen LogP contribution in [0.2, 0.25) is 0 Å². The van der Waals surface area contributed by atoms with Crippen molar-refractivity contribution >= 4 is 29.0 Å². The van der Waals surface area contributed by atoms with Gasteiger partial charge in [0.05, 0.1) is 0 Å². The number of para-hydroxylation sites is 1. The second-order valence-corrected chi connectivity index (χ2v) is 10.3. The summed E-state index contributed by atoms with van der Waals surface area (Å²) < 4.78 is 0. The van der Waals surface area contributed by atoms with Crippen molar-refractivity contribution in [3.8, 4) is 22.3 Å². The Bertz CT molecular complexity index is 2170. The van der Waals surface area contributed by atoms with Gasteiger partial charge >= 0.3 is 0 Å². The Morgan fingerprint density at radius 2 is 1.18 bits per heavy atom. The summed E-state index contributed by atoms with van der Waals surface area (Å²) in [5, 5.41) is 0. The lowest BCUT2D eigenvalue weighted by molar-refractivity contribution is 1.05. The molecular formula is C38H29N7. The molecule has 7 nitrogen and oxygen atoms in total. The smallest absolute Gasteiger partial charge is 0.156 e. The summed E-state index contributed by atoms with van der Waals surface area (Å²) in [4.78, 5) is 27.9. The van der Waals surface area contributed by atoms with Crippen LogP contribution in [0.1, 0.15) is 0 Å². The number of rotatable bonds is 7. The highest BCUT2D eigenvalue weighted by molar-refractivity contribution is 5.72. The molecule has 0 saturated heterocycles. The Morgan fingerprint density at radius 1 is 0.511 bits per heavy atom. The number of hydrogen-bond donors (Lipinski definition) is 2. The third-order valence-electron chi connectivity index (χ3n) is 7.18. The van der Waals surface area contributed by atoms with Gasteiger partial charge in [-0.05, 0) is 82.9 Å². The maximum Gasteiger partial charge on any atom is 0.156 e. The van der Waals surface area contributed by atoms with E-state index in [0.29, 0.717) is 28.4 Å². The first kappa shape index (κ1) is 27.5. The van der Waals surface area contributed by atoms with Gasteiger partial charge in [0, 0.05) is 18.1 Å². The van der Waals surface area contributed by atoms with Gasteiger partial charge in [-0.1, -0.05) is 91.0 Å². The third-order valence-corrected chi connectivity index (χ3v) is 7.18. The minimum Gasteiger partial charge on any atom is -0.347 e. The Hall–Kier alpha value is -6.34. The van der Waals surface area contributed by atoms with Crippen molar-refractivity contribution in [2.24, 2.45) is 9.98 Å². The zero-order chi connectivity index (χ0) is 30.3. The molecule has 7 heteroatoms. The summed E-state index contributed by atoms with van der Waals surface area (Å²) in [5.74, 6) is 2.70. The lowest BCUT2D eigenvalue weighted by Crippen LogP contribution is -2.17. The second-order valence-electron chi connectivity index (χ2n) is 10.3. The van der Waals surface area contributed by atoms with Crippen molar-refractivity contribution in [2.45, 2.75) is 0 Å². The highest BCUT2D eigenvalue weighted by Gasteiger charge is 2.14. The van der Waals surface area contributed by atoms with Crippen molar-refractivity contribution in [3.63, 3.8) is 0 Å². The topological polar surface area (TPSA) is 85.3 Å². The van der Waals surface area contributed by atoms with E-state index >= 15 is 0 Å². The summed E-state index contributed by atoms with van der Waals surface area (Å²) in [6.45, 7) is 0. The van der Waals surface area contributed by atoms with E-state index in [1.54, 1.807) is 6.20 Å². The molecule has 3 aromatic carbocycles. The molecule has 4 aromatic heterocycles. The standard InChI is InChI=1S/C38H29N7/c1-4-12-28(13-5-1)30-22-24-39-35(26-30)41-33-18-10-20-37(43-33)45(32-16-8-3-9-17-32)38-21-11-19-34(44-38)42-36-27-31(23-25-40-36)29-14-6-2-7-15-29/h1-27H,(H,39,41,43)(H,40,42,44). The zero-order valence-corrected chi connectivity index (χ0v) is 24.3. The molecule has 7 rings (SSSR count). The predicted octanol–water partition coefficient (Wildman–Crippen LogP) is 8.40. The first-order valence-electron chi connectivity index (χ1n) is 14.7. The number of H-pyrrole nitrogens is 2. The molecule has 0 amide bonds. The van der Waals surface area contributed by atoms with Crippen LogP contribution in [0.5, 0.6) is 0 Å². The van der Waals surface area contributed by atoms with Crippen LogP contribution in [0, 0.1) is 0 Å². The molecule has 4 heterocycles. The molecule has 216 valence electrons. The third kappa shape index (κ3) is 6.53. The molecule has 2 N–H and O–H groups in total. The zero-order valence-electron chi connectivity index (χ0n) is 24.3. The molecule has 0 saturated carbocycles. The quantitative estimate of drug-likeness (QED) is 0.198. The molecule has 45 heavy (non-hydrogen) atoms. The minimum atomic E-state index is 0.581. The number of pyridine rings is 4. The summed E-state index contributed by atoms with van der Waals surface area (Å²) in [7, 11) is 0. The van der Waals surface area contributed by atoms with E-state index in [2.05, 4.69) is 44.1 Å². The summed E-state index contributed by atoms with van der Waals surface area (Å²) >= 11 is 0. The van der Waals surface area contributed by atoms with Crippen LogP contribution in [0.3, 0.4) is 0 Å². The highest BCUT2D eigenvalue weighted by Crippen LogP contribution is 2.32. The van der Waals surface area contributed by atoms with E-state index in [4.69, 9.17) is 15.0 Å². The molecule has 0 aliphatic rings. The Morgan fingerprint density at radius 3 is 1.93 bits per heavy atom. The first-order valence-corrected chi connectivity index (χ1v) is 14.7. The maximum atomic E-state index is 4.96. The van der Waals surface area contributed by atoms with Crippen molar-refractivity contribution < 1.29 is 0 Å². The maximum absolute atomic E-state index is 4.96. The van der Waals surface area contributed by atoms with E-state index in [9.17, 15) is 0 Å². The van der Waals surface area contributed by atoms with Crippen LogP contribution in [0.4, 0.5) is 29.0 Å². The fourth-order valence-electron chi connectivity index (χ4n) is 5.08. The molecule has 0 bridgehead atoms. The van der Waals surface area contributed by atoms with Crippen LogP contribution in [0.15, 0.2) is 174 Å². The number of aromatic amines is 2. The lowest BCUT2D eigenvalue weighted by Gasteiger charge is -2.23. The van der Waals surface area contributed by atoms with Gasteiger partial charge in [-0.25, -0.2) is 20.0 Å². The van der Waals surface area contributed by atoms with Crippen molar-refractivity contribution in [1.82, 2.24) is 19.9 Å². The second kappa shape index (κ2) is 12.9. The number of benzene rings is 3. The SMILES string of the molecule is c1ccc(-c2ccnc(N=c3cccc(N(c4ccccc4)c4cccc(N=c5cc(-c6ccccc6)cc[nH]5)n4)[nH]3)c2)cc1. The van der Waals surface area contributed by atoms with Gasteiger partial charge in [0.1, 0.15) is 22.6 Å². The Kier molecular flexibility index (Phi) is 7.88. The number of nitrogens with zero attached hydrogens (tertiary/aromatic N) is 5. The van der Waals surface area contributed by atoms with Crippen molar-refractivity contribution in [1.29, 1.82) is 0 Å². The number of anilines is 3. The van der Waals surface area contributed by atoms with Gasteiger partial charge in [0.25, 0.3) is 0 Å². The summed E-state index contributed by atoms with van der Waals surface area (Å²) in [5.41, 5.74) is 6.70. The van der Waals surface area contributed by atoms with Gasteiger partial charge in [0.2, 0.25) is 0 Å². The van der Waals surface area contributed by atoms with Gasteiger partial charge in [-0.15, -0.1) is 0 Å². The van der Waals surface area contributed by atoms with E-state index in [1.165, 1.54) is 0 Å². The molecule has 0 fully saturated rings. The molecule has 7 aromatic rings. The van der Waals surface area contributed by atoms with E-state index in [-0.39, 0.29) is 0 Å². The van der Waals surface area contributed by atoms with E-state index < -0.39 is 0 Å². The Labute approximate surface area is 260 Å². The highest BCUT2D eigenvalue weighted by atomic mass is 15.2. The minimum absolute atomic E-state index is 0.581. The molecule has 0 aliphatic heterocycles. The van der Waals surface area contributed by atoms with E-state index in [1.807, 2.05) is 134 Å². The van der Waals surface area contributed by atoms with Gasteiger partial charge in [0.15, 0.2) is 11.6 Å².